The summed E-state index contributed by atoms with van der Waals surface area (Å²) in [5.74, 6) is -0.226. The number of carbonyl (C=O) groups is 1. The van der Waals surface area contributed by atoms with Crippen LogP contribution in [0.1, 0.15) is 30.7 Å². The van der Waals surface area contributed by atoms with E-state index < -0.39 is 6.10 Å². The molecule has 17 heavy (non-hydrogen) atoms. The quantitative estimate of drug-likeness (QED) is 0.645. The number of aromatic nitrogens is 1. The predicted molar refractivity (Wildman–Crippen MR) is 67.9 cm³/mol. The third-order valence-corrected chi connectivity index (χ3v) is 2.90. The Kier molecular flexibility index (Phi) is 6.15. The summed E-state index contributed by atoms with van der Waals surface area (Å²) in [6.07, 6.45) is 1.83. The van der Waals surface area contributed by atoms with Crippen LogP contribution in [-0.4, -0.2) is 28.0 Å². The number of aryl methyl sites for hydroxylation is 1. The van der Waals surface area contributed by atoms with E-state index in [-0.39, 0.29) is 5.97 Å². The summed E-state index contributed by atoms with van der Waals surface area (Å²) in [4.78, 5) is 15.4. The molecule has 0 aliphatic carbocycles. The number of rotatable bonds is 6. The summed E-state index contributed by atoms with van der Waals surface area (Å²) in [7, 11) is 0. The fraction of sp³-hybridized carbons (Fsp3) is 0.500. The van der Waals surface area contributed by atoms with Crippen molar-refractivity contribution in [3.05, 3.63) is 29.6 Å². The van der Waals surface area contributed by atoms with Gasteiger partial charge in [-0.15, -0.1) is 0 Å². The molecule has 1 atom stereocenters. The number of esters is 1. The molecule has 0 saturated heterocycles. The lowest BCUT2D eigenvalue weighted by Crippen LogP contribution is -2.09. The fourth-order valence-electron chi connectivity index (χ4n) is 1.51. The average molecular weight is 302 g/mol. The maximum atomic E-state index is 11.3. The lowest BCUT2D eigenvalue weighted by Gasteiger charge is -2.11. The van der Waals surface area contributed by atoms with Crippen LogP contribution in [0.3, 0.4) is 0 Å². The van der Waals surface area contributed by atoms with Crippen molar-refractivity contribution in [3.8, 4) is 0 Å². The first-order valence-electron chi connectivity index (χ1n) is 5.52. The molecule has 1 aromatic heterocycles. The molecule has 1 unspecified atom stereocenters. The number of halogens is 1. The second kappa shape index (κ2) is 7.40. The van der Waals surface area contributed by atoms with E-state index in [9.17, 15) is 9.90 Å². The molecule has 5 heteroatoms. The Morgan fingerprint density at radius 1 is 1.65 bits per heavy atom. The molecular formula is C12H16BrNO3. The SMILES string of the molecule is CCOC(=O)CCc1cccnc1C(O)CBr. The van der Waals surface area contributed by atoms with Gasteiger partial charge in [-0.3, -0.25) is 9.78 Å². The molecule has 0 spiro atoms. The van der Waals surface area contributed by atoms with Crippen LogP contribution in [0.2, 0.25) is 0 Å². The molecule has 4 nitrogen and oxygen atoms in total. The van der Waals surface area contributed by atoms with Gasteiger partial charge in [-0.25, -0.2) is 0 Å². The molecule has 1 N–H and O–H groups in total. The van der Waals surface area contributed by atoms with Gasteiger partial charge < -0.3 is 9.84 Å². The summed E-state index contributed by atoms with van der Waals surface area (Å²) in [5.41, 5.74) is 1.50. The first kappa shape index (κ1) is 14.1. The number of nitrogens with zero attached hydrogens (tertiary/aromatic N) is 1. The Bertz CT molecular complexity index is 371. The minimum absolute atomic E-state index is 0.226. The Balaban J connectivity index is 2.67. The van der Waals surface area contributed by atoms with Gasteiger partial charge in [0, 0.05) is 17.9 Å². The Hall–Kier alpha value is -0.940. The normalized spacial score (nSPS) is 12.2. The van der Waals surface area contributed by atoms with Gasteiger partial charge in [-0.05, 0) is 25.0 Å². The van der Waals surface area contributed by atoms with E-state index in [1.54, 1.807) is 19.2 Å². The molecule has 0 aliphatic heterocycles. The number of ether oxygens (including phenoxy) is 1. The highest BCUT2D eigenvalue weighted by molar-refractivity contribution is 9.09. The van der Waals surface area contributed by atoms with Gasteiger partial charge >= 0.3 is 5.97 Å². The topological polar surface area (TPSA) is 59.4 Å². The molecule has 0 aliphatic rings. The lowest BCUT2D eigenvalue weighted by atomic mass is 10.1. The van der Waals surface area contributed by atoms with E-state index >= 15 is 0 Å². The van der Waals surface area contributed by atoms with Crippen LogP contribution in [-0.2, 0) is 16.0 Å². The molecule has 0 radical (unpaired) electrons. The molecule has 1 rings (SSSR count). The fourth-order valence-corrected chi connectivity index (χ4v) is 1.81. The van der Waals surface area contributed by atoms with E-state index in [2.05, 4.69) is 20.9 Å². The van der Waals surface area contributed by atoms with E-state index in [4.69, 9.17) is 4.74 Å². The van der Waals surface area contributed by atoms with Gasteiger partial charge in [0.1, 0.15) is 6.10 Å². The van der Waals surface area contributed by atoms with Crippen LogP contribution in [0.25, 0.3) is 0 Å². The van der Waals surface area contributed by atoms with E-state index in [0.29, 0.717) is 30.5 Å². The van der Waals surface area contributed by atoms with Crippen molar-refractivity contribution in [1.29, 1.82) is 0 Å². The monoisotopic (exact) mass is 301 g/mol. The molecular weight excluding hydrogens is 286 g/mol. The lowest BCUT2D eigenvalue weighted by molar-refractivity contribution is -0.143. The van der Waals surface area contributed by atoms with Crippen molar-refractivity contribution < 1.29 is 14.6 Å². The number of carbonyl (C=O) groups excluding carboxylic acids is 1. The molecule has 0 amide bonds. The first-order valence-corrected chi connectivity index (χ1v) is 6.64. The van der Waals surface area contributed by atoms with Crippen LogP contribution in [0.15, 0.2) is 18.3 Å². The summed E-state index contributed by atoms with van der Waals surface area (Å²) < 4.78 is 4.86. The zero-order valence-corrected chi connectivity index (χ0v) is 11.3. The molecule has 94 valence electrons. The van der Waals surface area contributed by atoms with E-state index in [0.717, 1.165) is 5.56 Å². The van der Waals surface area contributed by atoms with Gasteiger partial charge in [0.25, 0.3) is 0 Å². The summed E-state index contributed by atoms with van der Waals surface area (Å²) in [6.45, 7) is 2.17. The van der Waals surface area contributed by atoms with Crippen molar-refractivity contribution >= 4 is 21.9 Å². The standard InChI is InChI=1S/C12H16BrNO3/c1-2-17-11(16)6-5-9-4-3-7-14-12(9)10(15)8-13/h3-4,7,10,15H,2,5-6,8H2,1H3. The molecule has 0 aromatic carbocycles. The molecule has 1 heterocycles. The third-order valence-electron chi connectivity index (χ3n) is 2.29. The first-order chi connectivity index (χ1) is 8.19. The van der Waals surface area contributed by atoms with Crippen molar-refractivity contribution in [1.82, 2.24) is 4.98 Å². The second-order valence-electron chi connectivity index (χ2n) is 3.52. The van der Waals surface area contributed by atoms with Crippen LogP contribution < -0.4 is 0 Å². The highest BCUT2D eigenvalue weighted by atomic mass is 79.9. The van der Waals surface area contributed by atoms with Gasteiger partial charge in [0.05, 0.1) is 12.3 Å². The number of aliphatic hydroxyl groups excluding tert-OH is 1. The minimum atomic E-state index is -0.645. The summed E-state index contributed by atoms with van der Waals surface area (Å²) >= 11 is 3.21. The smallest absolute Gasteiger partial charge is 0.306 e. The van der Waals surface area contributed by atoms with Crippen molar-refractivity contribution in [3.63, 3.8) is 0 Å². The molecule has 0 saturated carbocycles. The van der Waals surface area contributed by atoms with Crippen LogP contribution in [0.4, 0.5) is 0 Å². The van der Waals surface area contributed by atoms with Crippen LogP contribution >= 0.6 is 15.9 Å². The zero-order valence-electron chi connectivity index (χ0n) is 9.73. The van der Waals surface area contributed by atoms with Crippen LogP contribution in [0, 0.1) is 0 Å². The number of alkyl halides is 1. The maximum Gasteiger partial charge on any atom is 0.306 e. The van der Waals surface area contributed by atoms with Gasteiger partial charge in [0.15, 0.2) is 0 Å². The number of hydrogen-bond donors (Lipinski definition) is 1. The Labute approximate surface area is 109 Å². The predicted octanol–water partition coefficient (Wildman–Crippen LogP) is 2.01. The number of hydrogen-bond acceptors (Lipinski definition) is 4. The van der Waals surface area contributed by atoms with E-state index in [1.165, 1.54) is 0 Å². The maximum absolute atomic E-state index is 11.3. The number of pyridine rings is 1. The molecule has 1 aromatic rings. The van der Waals surface area contributed by atoms with Gasteiger partial charge in [-0.1, -0.05) is 22.0 Å². The average Bonchev–Trinajstić information content (AvgIpc) is 2.36. The Morgan fingerprint density at radius 3 is 3.06 bits per heavy atom. The zero-order chi connectivity index (χ0) is 12.7. The molecule has 0 fully saturated rings. The highest BCUT2D eigenvalue weighted by Crippen LogP contribution is 2.18. The third kappa shape index (κ3) is 4.44. The second-order valence-corrected chi connectivity index (χ2v) is 4.17. The summed E-state index contributed by atoms with van der Waals surface area (Å²) in [6, 6.07) is 3.67. The minimum Gasteiger partial charge on any atom is -0.466 e. The van der Waals surface area contributed by atoms with Gasteiger partial charge in [0.2, 0.25) is 0 Å². The number of aliphatic hydroxyl groups is 1. The highest BCUT2D eigenvalue weighted by Gasteiger charge is 2.13. The van der Waals surface area contributed by atoms with E-state index in [1.807, 2.05) is 6.07 Å². The van der Waals surface area contributed by atoms with Crippen LogP contribution in [0.5, 0.6) is 0 Å². The molecule has 0 bridgehead atoms. The Morgan fingerprint density at radius 2 is 2.41 bits per heavy atom. The van der Waals surface area contributed by atoms with Crippen molar-refractivity contribution in [2.24, 2.45) is 0 Å². The van der Waals surface area contributed by atoms with Crippen molar-refractivity contribution in [2.75, 3.05) is 11.9 Å². The largest absolute Gasteiger partial charge is 0.466 e. The summed E-state index contributed by atoms with van der Waals surface area (Å²) in [5, 5.41) is 10.2. The van der Waals surface area contributed by atoms with Gasteiger partial charge in [-0.2, -0.15) is 0 Å². The van der Waals surface area contributed by atoms with Crippen molar-refractivity contribution in [2.45, 2.75) is 25.9 Å².